The van der Waals surface area contributed by atoms with E-state index in [4.69, 9.17) is 4.74 Å². The highest BCUT2D eigenvalue weighted by molar-refractivity contribution is 9.10. The van der Waals surface area contributed by atoms with E-state index in [2.05, 4.69) is 22.0 Å². The minimum Gasteiger partial charge on any atom is -0.493 e. The summed E-state index contributed by atoms with van der Waals surface area (Å²) in [5.41, 5.74) is 2.87. The zero-order valence-corrected chi connectivity index (χ0v) is 13.0. The number of carbonyl (C=O) groups excluding carboxylic acids is 1. The van der Waals surface area contributed by atoms with Crippen LogP contribution in [0.2, 0.25) is 0 Å². The highest BCUT2D eigenvalue weighted by atomic mass is 79.9. The molecule has 0 saturated carbocycles. The number of halogens is 2. The third-order valence-corrected chi connectivity index (χ3v) is 4.28. The number of ketones is 1. The zero-order valence-electron chi connectivity index (χ0n) is 11.4. The molecule has 0 fully saturated rings. The summed E-state index contributed by atoms with van der Waals surface area (Å²) in [5, 5.41) is 0. The Balaban J connectivity index is 1.68. The SMILES string of the molecule is O=C(CCc1ccc2c(c1)CCO2)c1ccc(F)cc1Br. The molecular weight excluding hydrogens is 335 g/mol. The van der Waals surface area contributed by atoms with Crippen LogP contribution >= 0.6 is 15.9 Å². The van der Waals surface area contributed by atoms with Crippen molar-refractivity contribution >= 4 is 21.7 Å². The summed E-state index contributed by atoms with van der Waals surface area (Å²) >= 11 is 3.24. The number of hydrogen-bond acceptors (Lipinski definition) is 2. The molecule has 1 aliphatic heterocycles. The first-order valence-corrected chi connectivity index (χ1v) is 7.65. The fourth-order valence-corrected chi connectivity index (χ4v) is 3.08. The van der Waals surface area contributed by atoms with Crippen molar-refractivity contribution in [2.75, 3.05) is 6.61 Å². The average molecular weight is 349 g/mol. The number of Topliss-reactive ketones (excluding diaryl/α,β-unsaturated/α-hetero) is 1. The molecule has 1 aliphatic rings. The Hall–Kier alpha value is -1.68. The molecule has 0 spiro atoms. The second-order valence-electron chi connectivity index (χ2n) is 5.09. The third-order valence-electron chi connectivity index (χ3n) is 3.63. The predicted molar refractivity (Wildman–Crippen MR) is 82.4 cm³/mol. The van der Waals surface area contributed by atoms with Crippen molar-refractivity contribution in [3.63, 3.8) is 0 Å². The zero-order chi connectivity index (χ0) is 14.8. The lowest BCUT2D eigenvalue weighted by Gasteiger charge is -2.06. The van der Waals surface area contributed by atoms with Gasteiger partial charge >= 0.3 is 0 Å². The lowest BCUT2D eigenvalue weighted by molar-refractivity contribution is 0.0982. The van der Waals surface area contributed by atoms with E-state index < -0.39 is 0 Å². The van der Waals surface area contributed by atoms with Gasteiger partial charge in [0, 0.05) is 22.9 Å². The van der Waals surface area contributed by atoms with Crippen LogP contribution in [-0.2, 0) is 12.8 Å². The molecule has 21 heavy (non-hydrogen) atoms. The Labute approximate surface area is 131 Å². The highest BCUT2D eigenvalue weighted by Crippen LogP contribution is 2.27. The van der Waals surface area contributed by atoms with E-state index in [1.807, 2.05) is 12.1 Å². The Morgan fingerprint density at radius 3 is 2.90 bits per heavy atom. The van der Waals surface area contributed by atoms with Crippen molar-refractivity contribution in [3.05, 3.63) is 63.4 Å². The minimum absolute atomic E-state index is 0.0126. The second-order valence-corrected chi connectivity index (χ2v) is 5.94. The molecule has 0 unspecified atom stereocenters. The lowest BCUT2D eigenvalue weighted by Crippen LogP contribution is -2.02. The standard InChI is InChI=1S/C17H14BrFO2/c18-15-10-13(19)3-4-14(15)16(20)5-1-11-2-6-17-12(9-11)7-8-21-17/h2-4,6,9-10H,1,5,7-8H2. The molecule has 0 bridgehead atoms. The summed E-state index contributed by atoms with van der Waals surface area (Å²) in [6, 6.07) is 10.2. The van der Waals surface area contributed by atoms with Crippen LogP contribution in [0.15, 0.2) is 40.9 Å². The van der Waals surface area contributed by atoms with Gasteiger partial charge in [-0.25, -0.2) is 4.39 Å². The molecule has 0 amide bonds. The van der Waals surface area contributed by atoms with Gasteiger partial charge in [0.25, 0.3) is 0 Å². The molecule has 2 aromatic carbocycles. The number of benzene rings is 2. The van der Waals surface area contributed by atoms with Crippen molar-refractivity contribution in [2.45, 2.75) is 19.3 Å². The van der Waals surface area contributed by atoms with E-state index in [1.165, 1.54) is 23.8 Å². The molecule has 2 aromatic rings. The van der Waals surface area contributed by atoms with Crippen molar-refractivity contribution in [1.29, 1.82) is 0 Å². The number of aryl methyl sites for hydroxylation is 1. The van der Waals surface area contributed by atoms with E-state index in [1.54, 1.807) is 0 Å². The molecule has 3 rings (SSSR count). The maximum atomic E-state index is 13.0. The topological polar surface area (TPSA) is 26.3 Å². The number of ether oxygens (including phenoxy) is 1. The Bertz CT molecular complexity index is 697. The van der Waals surface area contributed by atoms with Crippen molar-refractivity contribution in [3.8, 4) is 5.75 Å². The Morgan fingerprint density at radius 2 is 2.10 bits per heavy atom. The summed E-state index contributed by atoms with van der Waals surface area (Å²) in [6.07, 6.45) is 2.01. The number of hydrogen-bond donors (Lipinski definition) is 0. The molecule has 0 N–H and O–H groups in total. The van der Waals surface area contributed by atoms with Crippen molar-refractivity contribution < 1.29 is 13.9 Å². The van der Waals surface area contributed by atoms with Crippen LogP contribution in [0.1, 0.15) is 27.9 Å². The molecule has 0 atom stereocenters. The summed E-state index contributed by atoms with van der Waals surface area (Å²) in [7, 11) is 0. The van der Waals surface area contributed by atoms with Crippen molar-refractivity contribution in [1.82, 2.24) is 0 Å². The van der Waals surface area contributed by atoms with Gasteiger partial charge in [0.1, 0.15) is 11.6 Å². The van der Waals surface area contributed by atoms with Crippen LogP contribution in [0.3, 0.4) is 0 Å². The average Bonchev–Trinajstić information content (AvgIpc) is 2.92. The molecule has 0 saturated heterocycles. The van der Waals surface area contributed by atoms with E-state index in [9.17, 15) is 9.18 Å². The third kappa shape index (κ3) is 3.16. The highest BCUT2D eigenvalue weighted by Gasteiger charge is 2.14. The quantitative estimate of drug-likeness (QED) is 0.768. The molecular formula is C17H14BrFO2. The van der Waals surface area contributed by atoms with Gasteiger partial charge in [-0.3, -0.25) is 4.79 Å². The summed E-state index contributed by atoms with van der Waals surface area (Å²) < 4.78 is 19.0. The molecule has 108 valence electrons. The first-order chi connectivity index (χ1) is 10.1. The number of rotatable bonds is 4. The molecule has 1 heterocycles. The fourth-order valence-electron chi connectivity index (χ4n) is 2.50. The maximum absolute atomic E-state index is 13.0. The van der Waals surface area contributed by atoms with E-state index in [0.29, 0.717) is 22.9 Å². The second kappa shape index (κ2) is 5.98. The van der Waals surface area contributed by atoms with Gasteiger partial charge < -0.3 is 4.74 Å². The van der Waals surface area contributed by atoms with Crippen LogP contribution in [0, 0.1) is 5.82 Å². The maximum Gasteiger partial charge on any atom is 0.164 e. The smallest absolute Gasteiger partial charge is 0.164 e. The minimum atomic E-state index is -0.350. The van der Waals surface area contributed by atoms with Crippen LogP contribution in [0.4, 0.5) is 4.39 Å². The molecule has 0 aromatic heterocycles. The molecule has 4 heteroatoms. The fraction of sp³-hybridized carbons (Fsp3) is 0.235. The van der Waals surface area contributed by atoms with E-state index in [0.717, 1.165) is 24.3 Å². The van der Waals surface area contributed by atoms with Crippen LogP contribution in [0.5, 0.6) is 5.75 Å². The number of fused-ring (bicyclic) bond motifs is 1. The Kier molecular flexibility index (Phi) is 4.06. The normalized spacial score (nSPS) is 12.9. The van der Waals surface area contributed by atoms with E-state index >= 15 is 0 Å². The summed E-state index contributed by atoms with van der Waals surface area (Å²) in [4.78, 5) is 12.2. The monoisotopic (exact) mass is 348 g/mol. The molecule has 0 radical (unpaired) electrons. The van der Waals surface area contributed by atoms with Crippen LogP contribution < -0.4 is 4.74 Å². The lowest BCUT2D eigenvalue weighted by atomic mass is 10.0. The Morgan fingerprint density at radius 1 is 1.24 bits per heavy atom. The predicted octanol–water partition coefficient (Wildman–Crippen LogP) is 4.34. The molecule has 2 nitrogen and oxygen atoms in total. The van der Waals surface area contributed by atoms with E-state index in [-0.39, 0.29) is 11.6 Å². The van der Waals surface area contributed by atoms with Crippen LogP contribution in [-0.4, -0.2) is 12.4 Å². The first kappa shape index (κ1) is 14.3. The van der Waals surface area contributed by atoms with Gasteiger partial charge in [-0.05, 0) is 57.7 Å². The van der Waals surface area contributed by atoms with Gasteiger partial charge in [0.05, 0.1) is 6.61 Å². The molecule has 0 aliphatic carbocycles. The first-order valence-electron chi connectivity index (χ1n) is 6.86. The summed E-state index contributed by atoms with van der Waals surface area (Å²) in [6.45, 7) is 0.736. The van der Waals surface area contributed by atoms with Crippen molar-refractivity contribution in [2.24, 2.45) is 0 Å². The van der Waals surface area contributed by atoms with Gasteiger partial charge in [0.2, 0.25) is 0 Å². The summed E-state index contributed by atoms with van der Waals surface area (Å²) in [5.74, 6) is 0.613. The van der Waals surface area contributed by atoms with Gasteiger partial charge in [0.15, 0.2) is 5.78 Å². The van der Waals surface area contributed by atoms with Gasteiger partial charge in [-0.15, -0.1) is 0 Å². The van der Waals surface area contributed by atoms with Gasteiger partial charge in [-0.2, -0.15) is 0 Å². The largest absolute Gasteiger partial charge is 0.493 e. The van der Waals surface area contributed by atoms with Gasteiger partial charge in [-0.1, -0.05) is 12.1 Å². The van der Waals surface area contributed by atoms with Crippen LogP contribution in [0.25, 0.3) is 0 Å². The number of carbonyl (C=O) groups is 1.